The van der Waals surface area contributed by atoms with Crippen LogP contribution in [0.3, 0.4) is 0 Å². The molecule has 1 aliphatic carbocycles. The Morgan fingerprint density at radius 1 is 1.33 bits per heavy atom. The van der Waals surface area contributed by atoms with E-state index in [9.17, 15) is 0 Å². The van der Waals surface area contributed by atoms with E-state index in [2.05, 4.69) is 20.6 Å². The molecule has 2 aliphatic rings. The molecule has 1 saturated heterocycles. The van der Waals surface area contributed by atoms with Crippen LogP contribution in [0.15, 0.2) is 12.4 Å². The first-order chi connectivity index (χ1) is 7.31. The van der Waals surface area contributed by atoms with Crippen molar-refractivity contribution in [2.75, 3.05) is 11.9 Å². The maximum Gasteiger partial charge on any atom is 0.222 e. The van der Waals surface area contributed by atoms with E-state index in [0.717, 1.165) is 5.92 Å². The smallest absolute Gasteiger partial charge is 0.222 e. The van der Waals surface area contributed by atoms with Gasteiger partial charge in [-0.25, -0.2) is 9.97 Å². The van der Waals surface area contributed by atoms with E-state index in [4.69, 9.17) is 11.6 Å². The van der Waals surface area contributed by atoms with Crippen LogP contribution in [0.25, 0.3) is 0 Å². The second-order valence-corrected chi connectivity index (χ2v) is 4.76. The first-order valence-electron chi connectivity index (χ1n) is 5.29. The molecule has 0 radical (unpaired) electrons. The highest BCUT2D eigenvalue weighted by Crippen LogP contribution is 2.32. The van der Waals surface area contributed by atoms with E-state index in [1.807, 2.05) is 0 Å². The number of aromatic nitrogens is 2. The summed E-state index contributed by atoms with van der Waals surface area (Å²) in [4.78, 5) is 8.29. The number of fused-ring (bicyclic) bond motifs is 2. The molecule has 0 unspecified atom stereocenters. The number of piperidine rings is 1. The minimum absolute atomic E-state index is 0.477. The summed E-state index contributed by atoms with van der Waals surface area (Å²) in [5.74, 6) is 1.51. The van der Waals surface area contributed by atoms with Gasteiger partial charge in [0, 0.05) is 12.1 Å². The van der Waals surface area contributed by atoms with E-state index in [-0.39, 0.29) is 0 Å². The van der Waals surface area contributed by atoms with Crippen molar-refractivity contribution in [1.29, 1.82) is 0 Å². The van der Waals surface area contributed by atoms with Crippen molar-refractivity contribution in [3.63, 3.8) is 0 Å². The molecule has 2 bridgehead atoms. The van der Waals surface area contributed by atoms with Gasteiger partial charge in [-0.15, -0.1) is 0 Å². The van der Waals surface area contributed by atoms with Crippen LogP contribution in [0.2, 0.25) is 5.02 Å². The Bertz CT molecular complexity index is 353. The van der Waals surface area contributed by atoms with E-state index in [1.165, 1.54) is 19.4 Å². The van der Waals surface area contributed by atoms with Crippen LogP contribution in [-0.4, -0.2) is 28.6 Å². The molecular formula is C10H13ClN4. The van der Waals surface area contributed by atoms with E-state index < -0.39 is 0 Å². The number of nitrogens with one attached hydrogen (secondary N) is 2. The molecule has 1 aromatic heterocycles. The summed E-state index contributed by atoms with van der Waals surface area (Å²) in [6.45, 7) is 1.17. The number of nitrogens with zero attached hydrogens (tertiary/aromatic N) is 2. The molecule has 3 atom stereocenters. The summed E-state index contributed by atoms with van der Waals surface area (Å²) in [7, 11) is 0. The van der Waals surface area contributed by atoms with Crippen LogP contribution < -0.4 is 10.6 Å². The van der Waals surface area contributed by atoms with Crippen molar-refractivity contribution < 1.29 is 0 Å². The lowest BCUT2D eigenvalue weighted by Crippen LogP contribution is -2.41. The fourth-order valence-corrected chi connectivity index (χ4v) is 2.66. The van der Waals surface area contributed by atoms with E-state index in [0.29, 0.717) is 23.1 Å². The van der Waals surface area contributed by atoms with Crippen molar-refractivity contribution in [3.8, 4) is 0 Å². The van der Waals surface area contributed by atoms with Gasteiger partial charge in [-0.3, -0.25) is 0 Å². The monoisotopic (exact) mass is 224 g/mol. The molecule has 2 fully saturated rings. The van der Waals surface area contributed by atoms with Crippen molar-refractivity contribution in [1.82, 2.24) is 15.3 Å². The van der Waals surface area contributed by atoms with Gasteiger partial charge in [-0.1, -0.05) is 11.6 Å². The van der Waals surface area contributed by atoms with Crippen LogP contribution >= 0.6 is 11.6 Å². The summed E-state index contributed by atoms with van der Waals surface area (Å²) < 4.78 is 0. The van der Waals surface area contributed by atoms with Crippen LogP contribution in [0, 0.1) is 5.92 Å². The standard InChI is InChI=1S/C10H13ClN4/c11-7-4-13-10(14-5-7)15-9-2-6-1-8(9)12-3-6/h4-6,8-9,12H,1-3H2,(H,13,14,15)/t6-,8-,9+/m0/s1. The Labute approximate surface area is 93.5 Å². The molecule has 0 aromatic carbocycles. The largest absolute Gasteiger partial charge is 0.350 e. The highest BCUT2D eigenvalue weighted by atomic mass is 35.5. The predicted molar refractivity (Wildman–Crippen MR) is 59.0 cm³/mol. The SMILES string of the molecule is Clc1cnc(N[C@@H]2C[C@H]3CN[C@H]2C3)nc1. The Balaban J connectivity index is 1.68. The molecule has 0 amide bonds. The zero-order valence-electron chi connectivity index (χ0n) is 8.28. The summed E-state index contributed by atoms with van der Waals surface area (Å²) in [6.07, 6.45) is 5.75. The van der Waals surface area contributed by atoms with Gasteiger partial charge < -0.3 is 10.6 Å². The summed E-state index contributed by atoms with van der Waals surface area (Å²) in [5.41, 5.74) is 0. The summed E-state index contributed by atoms with van der Waals surface area (Å²) in [5, 5.41) is 7.43. The molecule has 0 spiro atoms. The Morgan fingerprint density at radius 3 is 2.73 bits per heavy atom. The number of rotatable bonds is 2. The molecule has 15 heavy (non-hydrogen) atoms. The average molecular weight is 225 g/mol. The van der Waals surface area contributed by atoms with Crippen LogP contribution in [0.1, 0.15) is 12.8 Å². The minimum Gasteiger partial charge on any atom is -0.350 e. The lowest BCUT2D eigenvalue weighted by molar-refractivity contribution is 0.464. The first-order valence-corrected chi connectivity index (χ1v) is 5.66. The van der Waals surface area contributed by atoms with Gasteiger partial charge in [0.2, 0.25) is 5.95 Å². The van der Waals surface area contributed by atoms with Crippen LogP contribution in [-0.2, 0) is 0 Å². The second-order valence-electron chi connectivity index (χ2n) is 4.33. The third-order valence-corrected chi connectivity index (χ3v) is 3.46. The molecule has 2 N–H and O–H groups in total. The Kier molecular flexibility index (Phi) is 2.25. The zero-order valence-corrected chi connectivity index (χ0v) is 9.04. The first kappa shape index (κ1) is 9.36. The van der Waals surface area contributed by atoms with Gasteiger partial charge in [0.1, 0.15) is 0 Å². The van der Waals surface area contributed by atoms with Crippen molar-refractivity contribution in [2.24, 2.45) is 5.92 Å². The van der Waals surface area contributed by atoms with Gasteiger partial charge in [0.15, 0.2) is 0 Å². The van der Waals surface area contributed by atoms with E-state index in [1.54, 1.807) is 12.4 Å². The number of halogens is 1. The third kappa shape index (κ3) is 1.79. The molecule has 3 rings (SSSR count). The number of anilines is 1. The molecule has 5 heteroatoms. The highest BCUT2D eigenvalue weighted by Gasteiger charge is 2.39. The number of hydrogen-bond acceptors (Lipinski definition) is 4. The van der Waals surface area contributed by atoms with Crippen molar-refractivity contribution >= 4 is 17.5 Å². The van der Waals surface area contributed by atoms with Gasteiger partial charge in [0.05, 0.1) is 17.4 Å². The Hall–Kier alpha value is -0.870. The predicted octanol–water partition coefficient (Wildman–Crippen LogP) is 1.29. The maximum absolute atomic E-state index is 5.73. The van der Waals surface area contributed by atoms with Crippen LogP contribution in [0.5, 0.6) is 0 Å². The van der Waals surface area contributed by atoms with Gasteiger partial charge in [0.25, 0.3) is 0 Å². The topological polar surface area (TPSA) is 49.8 Å². The molecule has 2 heterocycles. The molecule has 1 aliphatic heterocycles. The minimum atomic E-state index is 0.477. The molecule has 80 valence electrons. The highest BCUT2D eigenvalue weighted by molar-refractivity contribution is 6.30. The molecule has 4 nitrogen and oxygen atoms in total. The maximum atomic E-state index is 5.73. The van der Waals surface area contributed by atoms with Crippen molar-refractivity contribution in [2.45, 2.75) is 24.9 Å². The van der Waals surface area contributed by atoms with Gasteiger partial charge in [-0.05, 0) is 25.3 Å². The van der Waals surface area contributed by atoms with Gasteiger partial charge in [-0.2, -0.15) is 0 Å². The molecule has 1 saturated carbocycles. The van der Waals surface area contributed by atoms with Gasteiger partial charge >= 0.3 is 0 Å². The molecule has 1 aromatic rings. The quantitative estimate of drug-likeness (QED) is 0.795. The second kappa shape index (κ2) is 3.61. The van der Waals surface area contributed by atoms with E-state index >= 15 is 0 Å². The number of hydrogen-bond donors (Lipinski definition) is 2. The average Bonchev–Trinajstić information content (AvgIpc) is 2.83. The fraction of sp³-hybridized carbons (Fsp3) is 0.600. The summed E-state index contributed by atoms with van der Waals surface area (Å²) in [6, 6.07) is 1.07. The third-order valence-electron chi connectivity index (χ3n) is 3.26. The fourth-order valence-electron chi connectivity index (χ4n) is 2.57. The lowest BCUT2D eigenvalue weighted by atomic mass is 10.1. The zero-order chi connectivity index (χ0) is 10.3. The normalized spacial score (nSPS) is 33.3. The molecular weight excluding hydrogens is 212 g/mol. The summed E-state index contributed by atoms with van der Waals surface area (Å²) >= 11 is 5.73. The van der Waals surface area contributed by atoms with Crippen LogP contribution in [0.4, 0.5) is 5.95 Å². The van der Waals surface area contributed by atoms with Crippen molar-refractivity contribution in [3.05, 3.63) is 17.4 Å². The lowest BCUT2D eigenvalue weighted by Gasteiger charge is -2.23. The Morgan fingerprint density at radius 2 is 2.13 bits per heavy atom.